The Bertz CT molecular complexity index is 358. The maximum atomic E-state index is 11.4. The molecule has 0 fully saturated rings. The molecule has 1 N–H and O–H groups in total. The van der Waals surface area contributed by atoms with Crippen LogP contribution in [0, 0.1) is 0 Å². The molecule has 0 radical (unpaired) electrons. The molecule has 5 nitrogen and oxygen atoms in total. The van der Waals surface area contributed by atoms with E-state index in [-0.39, 0.29) is 18.1 Å². The van der Waals surface area contributed by atoms with Gasteiger partial charge in [-0.3, -0.25) is 4.79 Å². The van der Waals surface area contributed by atoms with E-state index in [2.05, 4.69) is 10.3 Å². The van der Waals surface area contributed by atoms with E-state index in [1.54, 1.807) is 24.0 Å². The van der Waals surface area contributed by atoms with Gasteiger partial charge in [0.1, 0.15) is 6.54 Å². The number of carbonyl (C=O) groups excluding carboxylic acids is 1. The smallest absolute Gasteiger partial charge is 0.325 e. The molecule has 0 amide bonds. The summed E-state index contributed by atoms with van der Waals surface area (Å²) in [6.07, 6.45) is 3.40. The van der Waals surface area contributed by atoms with Gasteiger partial charge in [-0.15, -0.1) is 0 Å². The standard InChI is InChI=1S/C11H19N3O2/c1-5-16-10(15)7-14-8-13-6-9(14)11(2,3)12-4/h6,8,12H,5,7H2,1-4H3. The Morgan fingerprint density at radius 3 is 2.88 bits per heavy atom. The molecule has 0 saturated carbocycles. The maximum Gasteiger partial charge on any atom is 0.325 e. The van der Waals surface area contributed by atoms with Crippen molar-refractivity contribution < 1.29 is 9.53 Å². The molecule has 90 valence electrons. The van der Waals surface area contributed by atoms with Gasteiger partial charge in [0.05, 0.1) is 30.4 Å². The maximum absolute atomic E-state index is 11.4. The summed E-state index contributed by atoms with van der Waals surface area (Å²) in [5.74, 6) is -0.242. The van der Waals surface area contributed by atoms with Crippen molar-refractivity contribution in [1.82, 2.24) is 14.9 Å². The average molecular weight is 225 g/mol. The molecule has 16 heavy (non-hydrogen) atoms. The summed E-state index contributed by atoms with van der Waals surface area (Å²) in [6.45, 7) is 6.47. The number of hydrogen-bond donors (Lipinski definition) is 1. The van der Waals surface area contributed by atoms with Crippen molar-refractivity contribution in [3.8, 4) is 0 Å². The number of aromatic nitrogens is 2. The van der Waals surface area contributed by atoms with Crippen molar-refractivity contribution in [1.29, 1.82) is 0 Å². The van der Waals surface area contributed by atoms with Crippen LogP contribution in [0.1, 0.15) is 26.5 Å². The third-order valence-electron chi connectivity index (χ3n) is 2.58. The molecule has 0 unspecified atom stereocenters. The number of nitrogens with zero attached hydrogens (tertiary/aromatic N) is 2. The summed E-state index contributed by atoms with van der Waals surface area (Å²) >= 11 is 0. The number of ether oxygens (including phenoxy) is 1. The third kappa shape index (κ3) is 2.82. The van der Waals surface area contributed by atoms with Gasteiger partial charge in [-0.1, -0.05) is 0 Å². The normalized spacial score (nSPS) is 11.5. The highest BCUT2D eigenvalue weighted by atomic mass is 16.5. The molecule has 5 heteroatoms. The Hall–Kier alpha value is -1.36. The van der Waals surface area contributed by atoms with Crippen LogP contribution in [0.2, 0.25) is 0 Å². The van der Waals surface area contributed by atoms with Gasteiger partial charge in [0, 0.05) is 0 Å². The van der Waals surface area contributed by atoms with Gasteiger partial charge < -0.3 is 14.6 Å². The lowest BCUT2D eigenvalue weighted by Crippen LogP contribution is -2.36. The summed E-state index contributed by atoms with van der Waals surface area (Å²) in [5, 5.41) is 3.18. The molecule has 1 heterocycles. The molecule has 1 rings (SSSR count). The molecule has 0 aliphatic heterocycles. The Morgan fingerprint density at radius 1 is 1.62 bits per heavy atom. The predicted molar refractivity (Wildman–Crippen MR) is 60.9 cm³/mol. The summed E-state index contributed by atoms with van der Waals surface area (Å²) in [5.41, 5.74) is 0.742. The molecule has 0 aliphatic carbocycles. The van der Waals surface area contributed by atoms with E-state index in [0.29, 0.717) is 6.61 Å². The van der Waals surface area contributed by atoms with Crippen molar-refractivity contribution in [3.05, 3.63) is 18.2 Å². The highest BCUT2D eigenvalue weighted by Crippen LogP contribution is 2.18. The molecule has 1 aromatic heterocycles. The summed E-state index contributed by atoms with van der Waals surface area (Å²) in [4.78, 5) is 15.5. The first-order chi connectivity index (χ1) is 7.51. The van der Waals surface area contributed by atoms with E-state index in [9.17, 15) is 4.79 Å². The molecular formula is C11H19N3O2. The number of imidazole rings is 1. The van der Waals surface area contributed by atoms with Crippen LogP contribution in [0.25, 0.3) is 0 Å². The zero-order valence-electron chi connectivity index (χ0n) is 10.3. The van der Waals surface area contributed by atoms with E-state index in [4.69, 9.17) is 4.74 Å². The first kappa shape index (κ1) is 12.7. The molecule has 0 saturated heterocycles. The fraction of sp³-hybridized carbons (Fsp3) is 0.636. The monoisotopic (exact) mass is 225 g/mol. The Morgan fingerprint density at radius 2 is 2.31 bits per heavy atom. The lowest BCUT2D eigenvalue weighted by molar-refractivity contribution is -0.143. The molecule has 0 bridgehead atoms. The number of hydrogen-bond acceptors (Lipinski definition) is 4. The highest BCUT2D eigenvalue weighted by molar-refractivity contribution is 5.69. The predicted octanol–water partition coefficient (Wildman–Crippen LogP) is 0.901. The average Bonchev–Trinajstić information content (AvgIpc) is 2.67. The third-order valence-corrected chi connectivity index (χ3v) is 2.58. The second kappa shape index (κ2) is 5.12. The van der Waals surface area contributed by atoms with Gasteiger partial charge in [0.2, 0.25) is 0 Å². The van der Waals surface area contributed by atoms with Gasteiger partial charge >= 0.3 is 5.97 Å². The number of carbonyl (C=O) groups is 1. The van der Waals surface area contributed by atoms with Crippen LogP contribution >= 0.6 is 0 Å². The topological polar surface area (TPSA) is 56.2 Å². The minimum absolute atomic E-state index is 0.203. The molecule has 1 aromatic rings. The number of rotatable bonds is 5. The van der Waals surface area contributed by atoms with E-state index < -0.39 is 0 Å². The lowest BCUT2D eigenvalue weighted by atomic mass is 10.0. The molecule has 0 spiro atoms. The molecule has 0 aliphatic rings. The van der Waals surface area contributed by atoms with Crippen LogP contribution in [0.15, 0.2) is 12.5 Å². The Labute approximate surface area is 95.8 Å². The SMILES string of the molecule is CCOC(=O)Cn1cncc1C(C)(C)NC. The van der Waals surface area contributed by atoms with Crippen molar-refractivity contribution in [2.24, 2.45) is 0 Å². The zero-order valence-corrected chi connectivity index (χ0v) is 10.3. The van der Waals surface area contributed by atoms with Crippen molar-refractivity contribution >= 4 is 5.97 Å². The molecule has 0 atom stereocenters. The van der Waals surface area contributed by atoms with Gasteiger partial charge in [-0.25, -0.2) is 4.98 Å². The van der Waals surface area contributed by atoms with Gasteiger partial charge in [0.25, 0.3) is 0 Å². The van der Waals surface area contributed by atoms with Crippen LogP contribution in [0.3, 0.4) is 0 Å². The number of nitrogens with one attached hydrogen (secondary N) is 1. The minimum Gasteiger partial charge on any atom is -0.465 e. The minimum atomic E-state index is -0.242. The van der Waals surface area contributed by atoms with Crippen LogP contribution < -0.4 is 5.32 Å². The van der Waals surface area contributed by atoms with E-state index in [0.717, 1.165) is 5.69 Å². The van der Waals surface area contributed by atoms with Gasteiger partial charge in [0.15, 0.2) is 0 Å². The lowest BCUT2D eigenvalue weighted by Gasteiger charge is -2.25. The first-order valence-electron chi connectivity index (χ1n) is 5.36. The van der Waals surface area contributed by atoms with Gasteiger partial charge in [-0.2, -0.15) is 0 Å². The first-order valence-corrected chi connectivity index (χ1v) is 5.36. The van der Waals surface area contributed by atoms with Crippen LogP contribution in [-0.2, 0) is 21.6 Å². The zero-order chi connectivity index (χ0) is 12.2. The van der Waals surface area contributed by atoms with E-state index in [1.165, 1.54) is 0 Å². The number of esters is 1. The Kier molecular flexibility index (Phi) is 4.06. The fourth-order valence-corrected chi connectivity index (χ4v) is 1.44. The van der Waals surface area contributed by atoms with Crippen molar-refractivity contribution in [2.45, 2.75) is 32.9 Å². The van der Waals surface area contributed by atoms with Crippen molar-refractivity contribution in [3.63, 3.8) is 0 Å². The van der Waals surface area contributed by atoms with Crippen LogP contribution in [-0.4, -0.2) is 29.2 Å². The van der Waals surface area contributed by atoms with Gasteiger partial charge in [-0.05, 0) is 27.8 Å². The van der Waals surface area contributed by atoms with Crippen LogP contribution in [0.5, 0.6) is 0 Å². The Balaban J connectivity index is 2.82. The fourth-order valence-electron chi connectivity index (χ4n) is 1.44. The molecule has 0 aromatic carbocycles. The van der Waals surface area contributed by atoms with Crippen molar-refractivity contribution in [2.75, 3.05) is 13.7 Å². The highest BCUT2D eigenvalue weighted by Gasteiger charge is 2.23. The largest absolute Gasteiger partial charge is 0.465 e. The summed E-state index contributed by atoms with van der Waals surface area (Å²) in [7, 11) is 1.88. The molecular weight excluding hydrogens is 206 g/mol. The van der Waals surface area contributed by atoms with E-state index in [1.807, 2.05) is 20.9 Å². The summed E-state index contributed by atoms with van der Waals surface area (Å²) in [6, 6.07) is 0. The summed E-state index contributed by atoms with van der Waals surface area (Å²) < 4.78 is 6.71. The van der Waals surface area contributed by atoms with Crippen LogP contribution in [0.4, 0.5) is 0 Å². The second-order valence-corrected chi connectivity index (χ2v) is 4.09. The quantitative estimate of drug-likeness (QED) is 0.756. The second-order valence-electron chi connectivity index (χ2n) is 4.09. The van der Waals surface area contributed by atoms with E-state index >= 15 is 0 Å².